The highest BCUT2D eigenvalue weighted by atomic mass is 79.9. The van der Waals surface area contributed by atoms with Gasteiger partial charge in [-0.25, -0.2) is 9.78 Å². The zero-order chi connectivity index (χ0) is 26.2. The fourth-order valence-electron chi connectivity index (χ4n) is 3.87. The molecule has 0 bridgehead atoms. The van der Waals surface area contributed by atoms with E-state index in [-0.39, 0.29) is 11.4 Å². The van der Waals surface area contributed by atoms with Gasteiger partial charge in [-0.1, -0.05) is 22.9 Å². The van der Waals surface area contributed by atoms with Crippen LogP contribution in [0.5, 0.6) is 5.88 Å². The first-order valence-electron chi connectivity index (χ1n) is 11.4. The molecule has 0 saturated heterocycles. The number of carbonyl (C=O) groups is 1. The number of esters is 1. The highest BCUT2D eigenvalue weighted by molar-refractivity contribution is 9.10. The molecule has 192 valence electrons. The number of aromatic amines is 1. The van der Waals surface area contributed by atoms with Crippen molar-refractivity contribution in [2.24, 2.45) is 5.92 Å². The van der Waals surface area contributed by atoms with E-state index in [0.29, 0.717) is 41.8 Å². The quantitative estimate of drug-likeness (QED) is 0.114. The number of ether oxygens (including phenoxy) is 3. The fraction of sp³-hybridized carbons (Fsp3) is 0.360. The smallest absolute Gasteiger partial charge is 0.338 e. The maximum atomic E-state index is 12.0. The van der Waals surface area contributed by atoms with E-state index in [1.807, 2.05) is 22.8 Å². The van der Waals surface area contributed by atoms with E-state index < -0.39 is 5.97 Å². The number of imidazole rings is 1. The van der Waals surface area contributed by atoms with Gasteiger partial charge in [-0.15, -0.1) is 0 Å². The lowest BCUT2D eigenvalue weighted by molar-refractivity contribution is 0.0600. The summed E-state index contributed by atoms with van der Waals surface area (Å²) in [7, 11) is 4.45. The van der Waals surface area contributed by atoms with Gasteiger partial charge in [0.25, 0.3) is 0 Å². The standard InChI is InChI=1S/C25H31BrN6O4/c1-15(14-32-21-12-17(26)7-8-19(21)31-25(32)28)6-5-9-36-23(29-2)18(13-27)20-10-16(24(33)35-4)11-22(30-20)34-3/h7-8,10-13,15,27,29H,5-6,9,14H2,1-4H3,(H2,28,31)/b23-18-,27-13?/t15-/m1/s1. The Morgan fingerprint density at radius 3 is 2.75 bits per heavy atom. The van der Waals surface area contributed by atoms with Crippen LogP contribution in [-0.2, 0) is 16.0 Å². The number of methoxy groups -OCH3 is 2. The lowest BCUT2D eigenvalue weighted by Crippen LogP contribution is -2.21. The van der Waals surface area contributed by atoms with Gasteiger partial charge in [0.1, 0.15) is 0 Å². The largest absolute Gasteiger partial charge is 0.481 e. The van der Waals surface area contributed by atoms with Gasteiger partial charge in [-0.2, -0.15) is 0 Å². The molecule has 36 heavy (non-hydrogen) atoms. The number of hydrogen-bond acceptors (Lipinski definition) is 8. The fourth-order valence-corrected chi connectivity index (χ4v) is 4.22. The van der Waals surface area contributed by atoms with Gasteiger partial charge >= 0.3 is 5.97 Å². The summed E-state index contributed by atoms with van der Waals surface area (Å²) in [5.41, 5.74) is 3.30. The normalized spacial score (nSPS) is 12.6. The topological polar surface area (TPSA) is 138 Å². The number of allylic oxidation sites excluding steroid dienone is 1. The van der Waals surface area contributed by atoms with E-state index in [1.165, 1.54) is 26.4 Å². The number of pyridine rings is 1. The van der Waals surface area contributed by atoms with Crippen LogP contribution in [0.2, 0.25) is 0 Å². The van der Waals surface area contributed by atoms with Crippen LogP contribution in [0.25, 0.3) is 16.6 Å². The number of H-pyrrole nitrogens is 1. The van der Waals surface area contributed by atoms with Gasteiger partial charge in [0.2, 0.25) is 5.88 Å². The van der Waals surface area contributed by atoms with Crippen LogP contribution < -0.4 is 15.7 Å². The average molecular weight is 559 g/mol. The van der Waals surface area contributed by atoms with Gasteiger partial charge in [0.15, 0.2) is 11.5 Å². The minimum atomic E-state index is -0.529. The molecule has 0 amide bonds. The number of benzene rings is 1. The summed E-state index contributed by atoms with van der Waals surface area (Å²) >= 11 is 3.51. The Morgan fingerprint density at radius 1 is 1.31 bits per heavy atom. The van der Waals surface area contributed by atoms with Crippen molar-refractivity contribution in [3.63, 3.8) is 0 Å². The van der Waals surface area contributed by atoms with Crippen molar-refractivity contribution in [3.8, 4) is 5.88 Å². The number of fused-ring (bicyclic) bond motifs is 1. The van der Waals surface area contributed by atoms with Crippen LogP contribution in [-0.4, -0.2) is 54.6 Å². The molecule has 4 N–H and O–H groups in total. The van der Waals surface area contributed by atoms with Crippen LogP contribution >= 0.6 is 15.9 Å². The highest BCUT2D eigenvalue weighted by Gasteiger charge is 2.16. The molecule has 2 aromatic heterocycles. The number of carbonyl (C=O) groups excluding carboxylic acids is 1. The predicted octanol–water partition coefficient (Wildman–Crippen LogP) is 4.07. The SMILES string of the molecule is CN/C(OCCC[C@@H](C)Cn1c(=N)[nH]c2ccc(Br)cc21)=C(\C=N)c1cc(C(=O)OC)cc(OC)n1. The molecule has 0 aliphatic rings. The van der Waals surface area contributed by atoms with Crippen LogP contribution in [0.15, 0.2) is 40.7 Å². The molecule has 0 saturated carbocycles. The Hall–Kier alpha value is -3.60. The Balaban J connectivity index is 1.67. The summed E-state index contributed by atoms with van der Waals surface area (Å²) in [5, 5.41) is 19.2. The predicted molar refractivity (Wildman–Crippen MR) is 141 cm³/mol. The molecule has 0 aliphatic heterocycles. The summed E-state index contributed by atoms with van der Waals surface area (Å²) in [6.07, 6.45) is 2.78. The zero-order valence-corrected chi connectivity index (χ0v) is 22.4. The molecule has 1 aromatic carbocycles. The molecular formula is C25H31BrN6O4. The van der Waals surface area contributed by atoms with E-state index >= 15 is 0 Å². The van der Waals surface area contributed by atoms with Gasteiger partial charge in [-0.3, -0.25) is 5.41 Å². The number of halogens is 1. The molecule has 3 rings (SSSR count). The summed E-state index contributed by atoms with van der Waals surface area (Å²) in [4.78, 5) is 19.5. The third kappa shape index (κ3) is 6.34. The molecule has 0 unspecified atom stereocenters. The number of nitrogens with one attached hydrogen (secondary N) is 4. The summed E-state index contributed by atoms with van der Waals surface area (Å²) in [5.74, 6) is 0.386. The van der Waals surface area contributed by atoms with Crippen molar-refractivity contribution in [2.45, 2.75) is 26.3 Å². The summed E-state index contributed by atoms with van der Waals surface area (Å²) in [6.45, 7) is 3.28. The molecule has 2 heterocycles. The molecular weight excluding hydrogens is 528 g/mol. The molecule has 10 nitrogen and oxygen atoms in total. The van der Waals surface area contributed by atoms with E-state index in [4.69, 9.17) is 25.0 Å². The van der Waals surface area contributed by atoms with Crippen LogP contribution in [0, 0.1) is 16.7 Å². The number of nitrogens with zero attached hydrogens (tertiary/aromatic N) is 2. The Bertz CT molecular complexity index is 1330. The highest BCUT2D eigenvalue weighted by Crippen LogP contribution is 2.22. The van der Waals surface area contributed by atoms with Crippen molar-refractivity contribution < 1.29 is 19.0 Å². The summed E-state index contributed by atoms with van der Waals surface area (Å²) in [6, 6.07) is 8.94. The van der Waals surface area contributed by atoms with Crippen molar-refractivity contribution in [3.05, 3.63) is 57.6 Å². The van der Waals surface area contributed by atoms with Crippen molar-refractivity contribution >= 4 is 44.7 Å². The van der Waals surface area contributed by atoms with E-state index in [9.17, 15) is 4.79 Å². The van der Waals surface area contributed by atoms with Gasteiger partial charge in [0.05, 0.1) is 48.7 Å². The minimum absolute atomic E-state index is 0.229. The molecule has 0 radical (unpaired) electrons. The maximum Gasteiger partial charge on any atom is 0.338 e. The van der Waals surface area contributed by atoms with E-state index in [0.717, 1.165) is 34.6 Å². The van der Waals surface area contributed by atoms with Crippen molar-refractivity contribution in [2.75, 3.05) is 27.9 Å². The third-order valence-corrected chi connectivity index (χ3v) is 6.17. The number of hydrogen-bond donors (Lipinski definition) is 4. The molecule has 0 aliphatic carbocycles. The molecule has 0 spiro atoms. The van der Waals surface area contributed by atoms with Gasteiger partial charge < -0.3 is 34.5 Å². The second kappa shape index (κ2) is 12.4. The maximum absolute atomic E-state index is 12.0. The third-order valence-electron chi connectivity index (χ3n) is 5.68. The Labute approximate surface area is 217 Å². The van der Waals surface area contributed by atoms with Crippen LogP contribution in [0.3, 0.4) is 0 Å². The van der Waals surface area contributed by atoms with E-state index in [1.54, 1.807) is 7.05 Å². The monoisotopic (exact) mass is 558 g/mol. The average Bonchev–Trinajstić information content (AvgIpc) is 3.18. The number of aromatic nitrogens is 3. The summed E-state index contributed by atoms with van der Waals surface area (Å²) < 4.78 is 18.9. The van der Waals surface area contributed by atoms with Crippen molar-refractivity contribution in [1.82, 2.24) is 19.9 Å². The van der Waals surface area contributed by atoms with Gasteiger partial charge in [-0.05, 0) is 43.0 Å². The first-order chi connectivity index (χ1) is 17.3. The first kappa shape index (κ1) is 27.0. The van der Waals surface area contributed by atoms with E-state index in [2.05, 4.69) is 38.1 Å². The zero-order valence-electron chi connectivity index (χ0n) is 20.8. The van der Waals surface area contributed by atoms with Crippen LogP contribution in [0.4, 0.5) is 0 Å². The molecule has 11 heteroatoms. The Morgan fingerprint density at radius 2 is 2.08 bits per heavy atom. The second-order valence-electron chi connectivity index (χ2n) is 8.25. The lowest BCUT2D eigenvalue weighted by atomic mass is 10.1. The van der Waals surface area contributed by atoms with Crippen LogP contribution in [0.1, 0.15) is 35.8 Å². The molecule has 1 atom stereocenters. The van der Waals surface area contributed by atoms with Crippen molar-refractivity contribution in [1.29, 1.82) is 10.8 Å². The minimum Gasteiger partial charge on any atom is -0.481 e. The number of rotatable bonds is 12. The molecule has 0 fully saturated rings. The first-order valence-corrected chi connectivity index (χ1v) is 12.2. The lowest BCUT2D eigenvalue weighted by Gasteiger charge is -2.16. The Kier molecular flexibility index (Phi) is 9.29. The van der Waals surface area contributed by atoms with Gasteiger partial charge in [0, 0.05) is 30.3 Å². The molecule has 3 aromatic rings. The second-order valence-corrected chi connectivity index (χ2v) is 9.17.